The van der Waals surface area contributed by atoms with Crippen LogP contribution in [0.2, 0.25) is 5.02 Å². The maximum absolute atomic E-state index is 12.5. The van der Waals surface area contributed by atoms with Crippen LogP contribution in [0, 0.1) is 0 Å². The molecule has 0 aliphatic heterocycles. The van der Waals surface area contributed by atoms with E-state index in [1.807, 2.05) is 42.2 Å². The first-order valence-corrected chi connectivity index (χ1v) is 9.60. The van der Waals surface area contributed by atoms with Gasteiger partial charge >= 0.3 is 0 Å². The molecule has 0 aromatic heterocycles. The van der Waals surface area contributed by atoms with Crippen LogP contribution in [-0.2, 0) is 11.3 Å². The van der Waals surface area contributed by atoms with Crippen LogP contribution in [0.1, 0.15) is 35.7 Å². The normalized spacial score (nSPS) is 13.4. The second-order valence-electron chi connectivity index (χ2n) is 6.74. The SMILES string of the molecule is CCN(CC(=O)Nc1ccccc1C(=O)NC1CC1)Cc1ccccc1Cl. The lowest BCUT2D eigenvalue weighted by Gasteiger charge is -2.21. The van der Waals surface area contributed by atoms with Crippen LogP contribution in [0.15, 0.2) is 48.5 Å². The van der Waals surface area contributed by atoms with E-state index in [1.54, 1.807) is 18.2 Å². The van der Waals surface area contributed by atoms with E-state index in [9.17, 15) is 9.59 Å². The van der Waals surface area contributed by atoms with Crippen molar-refractivity contribution in [3.63, 3.8) is 0 Å². The molecule has 2 amide bonds. The van der Waals surface area contributed by atoms with Gasteiger partial charge < -0.3 is 10.6 Å². The number of likely N-dealkylation sites (N-methyl/N-ethyl adjacent to an activating group) is 1. The van der Waals surface area contributed by atoms with E-state index in [0.717, 1.165) is 18.4 Å². The number of halogens is 1. The van der Waals surface area contributed by atoms with Gasteiger partial charge in [0.15, 0.2) is 0 Å². The highest BCUT2D eigenvalue weighted by Gasteiger charge is 2.25. The van der Waals surface area contributed by atoms with Gasteiger partial charge in [-0.25, -0.2) is 0 Å². The molecule has 2 N–H and O–H groups in total. The minimum absolute atomic E-state index is 0.142. The Bertz CT molecular complexity index is 821. The number of carbonyl (C=O) groups is 2. The molecule has 2 aromatic rings. The second-order valence-corrected chi connectivity index (χ2v) is 7.14. The van der Waals surface area contributed by atoms with Crippen molar-refractivity contribution in [1.29, 1.82) is 0 Å². The van der Waals surface area contributed by atoms with Crippen molar-refractivity contribution < 1.29 is 9.59 Å². The van der Waals surface area contributed by atoms with Crippen molar-refractivity contribution >= 4 is 29.1 Å². The largest absolute Gasteiger partial charge is 0.349 e. The molecule has 0 radical (unpaired) electrons. The summed E-state index contributed by atoms with van der Waals surface area (Å²) >= 11 is 6.22. The van der Waals surface area contributed by atoms with E-state index in [-0.39, 0.29) is 24.4 Å². The molecule has 1 fully saturated rings. The molecule has 0 heterocycles. The number of amides is 2. The fraction of sp³-hybridized carbons (Fsp3) is 0.333. The molecular formula is C21H24ClN3O2. The molecule has 2 aromatic carbocycles. The number of hydrogen-bond donors (Lipinski definition) is 2. The summed E-state index contributed by atoms with van der Waals surface area (Å²) in [7, 11) is 0. The van der Waals surface area contributed by atoms with Crippen LogP contribution in [0.25, 0.3) is 0 Å². The number of anilines is 1. The lowest BCUT2D eigenvalue weighted by molar-refractivity contribution is -0.117. The van der Waals surface area contributed by atoms with E-state index >= 15 is 0 Å². The summed E-state index contributed by atoms with van der Waals surface area (Å²) in [5, 5.41) is 6.53. The fourth-order valence-electron chi connectivity index (χ4n) is 2.82. The van der Waals surface area contributed by atoms with Crippen LogP contribution in [0.5, 0.6) is 0 Å². The number of hydrogen-bond acceptors (Lipinski definition) is 3. The van der Waals surface area contributed by atoms with Gasteiger partial charge in [0.25, 0.3) is 5.91 Å². The molecule has 0 saturated heterocycles. The van der Waals surface area contributed by atoms with Crippen molar-refractivity contribution in [3.8, 4) is 0 Å². The molecule has 1 aliphatic rings. The highest BCUT2D eigenvalue weighted by molar-refractivity contribution is 6.31. The first-order valence-electron chi connectivity index (χ1n) is 9.22. The zero-order valence-corrected chi connectivity index (χ0v) is 16.1. The summed E-state index contributed by atoms with van der Waals surface area (Å²) in [5.74, 6) is -0.299. The number of rotatable bonds is 8. The Balaban J connectivity index is 1.62. The number of para-hydroxylation sites is 1. The highest BCUT2D eigenvalue weighted by Crippen LogP contribution is 2.22. The molecule has 0 atom stereocenters. The summed E-state index contributed by atoms with van der Waals surface area (Å²) in [4.78, 5) is 26.9. The Morgan fingerprint density at radius 2 is 1.81 bits per heavy atom. The number of benzene rings is 2. The molecule has 1 saturated carbocycles. The van der Waals surface area contributed by atoms with E-state index in [4.69, 9.17) is 11.6 Å². The maximum atomic E-state index is 12.5. The molecular weight excluding hydrogens is 362 g/mol. The predicted molar refractivity (Wildman–Crippen MR) is 108 cm³/mol. The predicted octanol–water partition coefficient (Wildman–Crippen LogP) is 3.69. The lowest BCUT2D eigenvalue weighted by Crippen LogP contribution is -2.33. The van der Waals surface area contributed by atoms with Crippen molar-refractivity contribution in [2.45, 2.75) is 32.4 Å². The third-order valence-electron chi connectivity index (χ3n) is 4.52. The monoisotopic (exact) mass is 385 g/mol. The first kappa shape index (κ1) is 19.4. The number of nitrogens with one attached hydrogen (secondary N) is 2. The van der Waals surface area contributed by atoms with E-state index in [1.165, 1.54) is 0 Å². The molecule has 0 unspecified atom stereocenters. The molecule has 3 rings (SSSR count). The van der Waals surface area contributed by atoms with Crippen LogP contribution in [0.4, 0.5) is 5.69 Å². The second kappa shape index (κ2) is 9.02. The van der Waals surface area contributed by atoms with Crippen LogP contribution >= 0.6 is 11.6 Å². The van der Waals surface area contributed by atoms with E-state index in [0.29, 0.717) is 29.4 Å². The summed E-state index contributed by atoms with van der Waals surface area (Å²) in [6, 6.07) is 15.0. The van der Waals surface area contributed by atoms with Gasteiger partial charge in [-0.3, -0.25) is 14.5 Å². The van der Waals surface area contributed by atoms with E-state index in [2.05, 4.69) is 10.6 Å². The Kier molecular flexibility index (Phi) is 6.48. The minimum atomic E-state index is -0.157. The Morgan fingerprint density at radius 3 is 2.52 bits per heavy atom. The van der Waals surface area contributed by atoms with Gasteiger partial charge in [-0.05, 0) is 43.1 Å². The Morgan fingerprint density at radius 1 is 1.11 bits per heavy atom. The summed E-state index contributed by atoms with van der Waals surface area (Å²) in [6.45, 7) is 3.53. The molecule has 142 valence electrons. The minimum Gasteiger partial charge on any atom is -0.349 e. The number of carbonyl (C=O) groups excluding carboxylic acids is 2. The van der Waals surface area contributed by atoms with Crippen molar-refractivity contribution in [1.82, 2.24) is 10.2 Å². The molecule has 27 heavy (non-hydrogen) atoms. The maximum Gasteiger partial charge on any atom is 0.253 e. The topological polar surface area (TPSA) is 61.4 Å². The van der Waals surface area contributed by atoms with Crippen LogP contribution in [0.3, 0.4) is 0 Å². The zero-order valence-electron chi connectivity index (χ0n) is 15.4. The van der Waals surface area contributed by atoms with Crippen molar-refractivity contribution in [3.05, 3.63) is 64.7 Å². The average molecular weight is 386 g/mol. The van der Waals surface area contributed by atoms with Gasteiger partial charge in [0.1, 0.15) is 0 Å². The van der Waals surface area contributed by atoms with Gasteiger partial charge in [-0.1, -0.05) is 48.9 Å². The number of nitrogens with zero attached hydrogens (tertiary/aromatic N) is 1. The Hall–Kier alpha value is -2.37. The van der Waals surface area contributed by atoms with Gasteiger partial charge in [0.2, 0.25) is 5.91 Å². The molecule has 6 heteroatoms. The summed E-state index contributed by atoms with van der Waals surface area (Å²) in [6.07, 6.45) is 2.04. The standard InChI is InChI=1S/C21H24ClN3O2/c1-2-25(13-15-7-3-5-9-18(15)22)14-20(26)24-19-10-6-4-8-17(19)21(27)23-16-11-12-16/h3-10,16H,2,11-14H2,1H3,(H,23,27)(H,24,26). The third kappa shape index (κ3) is 5.55. The highest BCUT2D eigenvalue weighted by atomic mass is 35.5. The van der Waals surface area contributed by atoms with Crippen molar-refractivity contribution in [2.24, 2.45) is 0 Å². The van der Waals surface area contributed by atoms with Gasteiger partial charge in [-0.15, -0.1) is 0 Å². The molecule has 0 spiro atoms. The quantitative estimate of drug-likeness (QED) is 0.728. The van der Waals surface area contributed by atoms with Crippen LogP contribution in [-0.4, -0.2) is 35.8 Å². The van der Waals surface area contributed by atoms with Gasteiger partial charge in [0, 0.05) is 17.6 Å². The fourth-order valence-corrected chi connectivity index (χ4v) is 3.02. The van der Waals surface area contributed by atoms with E-state index < -0.39 is 0 Å². The van der Waals surface area contributed by atoms with Crippen molar-refractivity contribution in [2.75, 3.05) is 18.4 Å². The van der Waals surface area contributed by atoms with Crippen LogP contribution < -0.4 is 10.6 Å². The van der Waals surface area contributed by atoms with Gasteiger partial charge in [-0.2, -0.15) is 0 Å². The molecule has 1 aliphatic carbocycles. The third-order valence-corrected chi connectivity index (χ3v) is 4.89. The zero-order chi connectivity index (χ0) is 19.2. The Labute approximate surface area is 164 Å². The first-order chi connectivity index (χ1) is 13.1. The molecule has 5 nitrogen and oxygen atoms in total. The summed E-state index contributed by atoms with van der Waals surface area (Å²) < 4.78 is 0. The lowest BCUT2D eigenvalue weighted by atomic mass is 10.1. The average Bonchev–Trinajstić information content (AvgIpc) is 3.47. The molecule has 0 bridgehead atoms. The summed E-state index contributed by atoms with van der Waals surface area (Å²) in [5.41, 5.74) is 2.01. The smallest absolute Gasteiger partial charge is 0.253 e. The van der Waals surface area contributed by atoms with Gasteiger partial charge in [0.05, 0.1) is 17.8 Å².